The molecule has 2 aromatic heterocycles. The van der Waals surface area contributed by atoms with E-state index >= 15 is 0 Å². The van der Waals surface area contributed by atoms with E-state index in [1.165, 1.54) is 7.11 Å². The molecule has 0 aliphatic carbocycles. The van der Waals surface area contributed by atoms with Crippen LogP contribution in [0.4, 0.5) is 10.6 Å². The third kappa shape index (κ3) is 8.99. The Bertz CT molecular complexity index is 1880. The van der Waals surface area contributed by atoms with Crippen molar-refractivity contribution in [2.24, 2.45) is 0 Å². The molecule has 0 fully saturated rings. The van der Waals surface area contributed by atoms with Gasteiger partial charge in [-0.15, -0.1) is 0 Å². The SMILES string of the molecule is COC(=O)c1ccc2c(c1)nc(NCCNCCCCN(Cc1ccc(-c3ccccc3)c(Cl)c1)C(=O)OC(C)(C)C)c1ccncc12. The van der Waals surface area contributed by atoms with E-state index in [1.807, 2.05) is 87.6 Å². The van der Waals surface area contributed by atoms with Crippen LogP contribution in [0.1, 0.15) is 49.5 Å². The van der Waals surface area contributed by atoms with Crippen LogP contribution >= 0.6 is 11.6 Å². The van der Waals surface area contributed by atoms with E-state index in [-0.39, 0.29) is 6.09 Å². The Morgan fingerprint density at radius 1 is 0.896 bits per heavy atom. The van der Waals surface area contributed by atoms with Gasteiger partial charge in [0.2, 0.25) is 0 Å². The van der Waals surface area contributed by atoms with Crippen LogP contribution in [-0.2, 0) is 16.0 Å². The maximum absolute atomic E-state index is 13.1. The van der Waals surface area contributed by atoms with Crippen molar-refractivity contribution in [2.75, 3.05) is 38.6 Å². The minimum Gasteiger partial charge on any atom is -0.465 e. The number of ether oxygens (including phenoxy) is 2. The first-order chi connectivity index (χ1) is 23.1. The Morgan fingerprint density at radius 2 is 1.71 bits per heavy atom. The van der Waals surface area contributed by atoms with Gasteiger partial charge in [0, 0.05) is 65.3 Å². The fourth-order valence-corrected chi connectivity index (χ4v) is 5.78. The smallest absolute Gasteiger partial charge is 0.410 e. The van der Waals surface area contributed by atoms with E-state index in [9.17, 15) is 9.59 Å². The minimum absolute atomic E-state index is 0.341. The quantitative estimate of drug-likeness (QED) is 0.0737. The monoisotopic (exact) mass is 667 g/mol. The molecule has 2 heterocycles. The molecule has 0 spiro atoms. The molecule has 0 aliphatic rings. The van der Waals surface area contributed by atoms with Crippen LogP contribution in [0, 0.1) is 0 Å². The molecule has 0 bridgehead atoms. The standard InChI is InChI=1S/C38H42ClN5O4/c1-38(2,3)48-37(46)44(25-26-12-14-29(33(39)22-26)27-10-6-5-7-11-27)21-9-8-17-40-19-20-42-35-31-16-18-41-24-32(31)30-15-13-28(36(45)47-4)23-34(30)43-35/h5-7,10-16,18,22-24,40H,8-9,17,19-21,25H2,1-4H3,(H,42,43). The van der Waals surface area contributed by atoms with Gasteiger partial charge < -0.3 is 25.0 Å². The Hall–Kier alpha value is -4.73. The topological polar surface area (TPSA) is 106 Å². The molecule has 250 valence electrons. The number of fused-ring (bicyclic) bond motifs is 3. The van der Waals surface area contributed by atoms with Crippen molar-refractivity contribution in [1.29, 1.82) is 0 Å². The predicted molar refractivity (Wildman–Crippen MR) is 193 cm³/mol. The molecule has 0 saturated heterocycles. The second-order valence-electron chi connectivity index (χ2n) is 12.6. The van der Waals surface area contributed by atoms with Crippen LogP contribution < -0.4 is 10.6 Å². The average Bonchev–Trinajstić information content (AvgIpc) is 3.07. The largest absolute Gasteiger partial charge is 0.465 e. The zero-order chi connectivity index (χ0) is 34.1. The fourth-order valence-electron chi connectivity index (χ4n) is 5.47. The molecule has 48 heavy (non-hydrogen) atoms. The van der Waals surface area contributed by atoms with Crippen LogP contribution in [0.3, 0.4) is 0 Å². The predicted octanol–water partition coefficient (Wildman–Crippen LogP) is 8.11. The second kappa shape index (κ2) is 15.9. The number of carbonyl (C=O) groups is 2. The first-order valence-corrected chi connectivity index (χ1v) is 16.5. The summed E-state index contributed by atoms with van der Waals surface area (Å²) in [6.45, 7) is 8.75. The summed E-state index contributed by atoms with van der Waals surface area (Å²) in [6.07, 6.45) is 4.91. The van der Waals surface area contributed by atoms with Crippen molar-refractivity contribution in [3.63, 3.8) is 0 Å². The lowest BCUT2D eigenvalue weighted by atomic mass is 10.0. The zero-order valence-electron chi connectivity index (χ0n) is 27.9. The van der Waals surface area contributed by atoms with Gasteiger partial charge in [-0.2, -0.15) is 0 Å². The van der Waals surface area contributed by atoms with Crippen LogP contribution in [0.5, 0.6) is 0 Å². The van der Waals surface area contributed by atoms with Crippen LogP contribution in [-0.4, -0.2) is 65.8 Å². The molecule has 0 atom stereocenters. The normalized spacial score (nSPS) is 11.4. The fraction of sp³-hybridized carbons (Fsp3) is 0.316. The molecule has 5 aromatic rings. The van der Waals surface area contributed by atoms with Crippen LogP contribution in [0.2, 0.25) is 5.02 Å². The number of nitrogens with one attached hydrogen (secondary N) is 2. The summed E-state index contributed by atoms with van der Waals surface area (Å²) in [5.41, 5.74) is 3.50. The molecule has 1 amide bonds. The first kappa shape index (κ1) is 34.6. The van der Waals surface area contributed by atoms with E-state index in [1.54, 1.807) is 23.2 Å². The summed E-state index contributed by atoms with van der Waals surface area (Å²) >= 11 is 6.67. The highest BCUT2D eigenvalue weighted by Crippen LogP contribution is 2.30. The number of hydrogen-bond donors (Lipinski definition) is 2. The van der Waals surface area contributed by atoms with Gasteiger partial charge in [0.15, 0.2) is 0 Å². The molecule has 10 heteroatoms. The van der Waals surface area contributed by atoms with Crippen molar-refractivity contribution >= 4 is 51.2 Å². The van der Waals surface area contributed by atoms with Crippen molar-refractivity contribution in [2.45, 2.75) is 45.8 Å². The van der Waals surface area contributed by atoms with Crippen molar-refractivity contribution in [3.8, 4) is 11.1 Å². The number of hydrogen-bond acceptors (Lipinski definition) is 8. The average molecular weight is 668 g/mol. The molecule has 0 saturated carbocycles. The van der Waals surface area contributed by atoms with Crippen molar-refractivity contribution in [1.82, 2.24) is 20.2 Å². The lowest BCUT2D eigenvalue weighted by molar-refractivity contribution is 0.0230. The van der Waals surface area contributed by atoms with Gasteiger partial charge in [0.1, 0.15) is 11.4 Å². The third-order valence-corrected chi connectivity index (χ3v) is 8.10. The van der Waals surface area contributed by atoms with Gasteiger partial charge in [-0.3, -0.25) is 4.98 Å². The highest BCUT2D eigenvalue weighted by Gasteiger charge is 2.22. The number of nitrogens with zero attached hydrogens (tertiary/aromatic N) is 3. The number of anilines is 1. The molecule has 0 aliphatic heterocycles. The molecule has 0 unspecified atom stereocenters. The molecule has 3 aromatic carbocycles. The number of amides is 1. The lowest BCUT2D eigenvalue weighted by Gasteiger charge is -2.27. The highest BCUT2D eigenvalue weighted by molar-refractivity contribution is 6.33. The molecular weight excluding hydrogens is 626 g/mol. The molecule has 9 nitrogen and oxygen atoms in total. The number of halogens is 1. The van der Waals surface area contributed by atoms with Gasteiger partial charge in [0.05, 0.1) is 18.2 Å². The number of methoxy groups -OCH3 is 1. The van der Waals surface area contributed by atoms with Gasteiger partial charge in [-0.1, -0.05) is 60.1 Å². The van der Waals surface area contributed by atoms with E-state index in [0.29, 0.717) is 35.7 Å². The zero-order valence-corrected chi connectivity index (χ0v) is 28.6. The first-order valence-electron chi connectivity index (χ1n) is 16.1. The van der Waals surface area contributed by atoms with Gasteiger partial charge in [-0.25, -0.2) is 14.6 Å². The van der Waals surface area contributed by atoms with Gasteiger partial charge in [0.25, 0.3) is 0 Å². The van der Waals surface area contributed by atoms with Crippen molar-refractivity contribution < 1.29 is 19.1 Å². The second-order valence-corrected chi connectivity index (χ2v) is 13.0. The Kier molecular flexibility index (Phi) is 11.5. The summed E-state index contributed by atoms with van der Waals surface area (Å²) < 4.78 is 10.6. The summed E-state index contributed by atoms with van der Waals surface area (Å²) in [6, 6.07) is 23.3. The van der Waals surface area contributed by atoms with Gasteiger partial charge in [-0.05, 0) is 75.5 Å². The lowest BCUT2D eigenvalue weighted by Crippen LogP contribution is -2.37. The van der Waals surface area contributed by atoms with Gasteiger partial charge >= 0.3 is 12.1 Å². The highest BCUT2D eigenvalue weighted by atomic mass is 35.5. The summed E-state index contributed by atoms with van der Waals surface area (Å²) in [7, 11) is 1.36. The Morgan fingerprint density at radius 3 is 2.46 bits per heavy atom. The Balaban J connectivity index is 1.14. The summed E-state index contributed by atoms with van der Waals surface area (Å²) in [5.74, 6) is 0.327. The Labute approximate surface area is 286 Å². The molecule has 5 rings (SSSR count). The molecule has 2 N–H and O–H groups in total. The molecular formula is C38H42ClN5O4. The maximum Gasteiger partial charge on any atom is 0.410 e. The van der Waals surface area contributed by atoms with Crippen LogP contribution in [0.15, 0.2) is 85.2 Å². The van der Waals surface area contributed by atoms with Crippen LogP contribution in [0.25, 0.3) is 32.8 Å². The van der Waals surface area contributed by atoms with E-state index < -0.39 is 11.6 Å². The number of rotatable bonds is 13. The number of pyridine rings is 2. The van der Waals surface area contributed by atoms with Crippen molar-refractivity contribution in [3.05, 3.63) is 101 Å². The number of aromatic nitrogens is 2. The summed E-state index contributed by atoms with van der Waals surface area (Å²) in [4.78, 5) is 36.1. The number of benzene rings is 3. The third-order valence-electron chi connectivity index (χ3n) is 7.79. The molecule has 0 radical (unpaired) electrons. The number of esters is 1. The van der Waals surface area contributed by atoms with E-state index in [4.69, 9.17) is 26.1 Å². The maximum atomic E-state index is 13.1. The minimum atomic E-state index is -0.593. The number of carbonyl (C=O) groups excluding carboxylic acids is 2. The van der Waals surface area contributed by atoms with E-state index in [2.05, 4.69) is 15.6 Å². The van der Waals surface area contributed by atoms with E-state index in [0.717, 1.165) is 64.6 Å². The number of unbranched alkanes of at least 4 members (excludes halogenated alkanes) is 1. The summed E-state index contributed by atoms with van der Waals surface area (Å²) in [5, 5.41) is 10.4.